The molecule has 1 aliphatic heterocycles. The van der Waals surface area contributed by atoms with Gasteiger partial charge in [0.25, 0.3) is 5.91 Å². The second-order valence-corrected chi connectivity index (χ2v) is 9.42. The fourth-order valence-corrected chi connectivity index (χ4v) is 5.03. The average Bonchev–Trinajstić information content (AvgIpc) is 3.55. The highest BCUT2D eigenvalue weighted by atomic mass is 32.1. The molecule has 0 bridgehead atoms. The molecule has 1 saturated heterocycles. The van der Waals surface area contributed by atoms with E-state index < -0.39 is 0 Å². The second-order valence-electron chi connectivity index (χ2n) is 8.47. The van der Waals surface area contributed by atoms with E-state index in [1.54, 1.807) is 11.3 Å². The molecule has 7 heteroatoms. The molecule has 0 aliphatic carbocycles. The maximum Gasteiger partial charge on any atom is 0.257 e. The Morgan fingerprint density at radius 3 is 2.32 bits per heavy atom. The number of thiophene rings is 1. The zero-order chi connectivity index (χ0) is 23.3. The SMILES string of the molecule is O=C(Nc1ccccc1)C1CCN(C(=O)c2cn(Cc3ccccc3)nc2-c2cccs2)CC1. The number of aromatic nitrogens is 2. The first-order valence-electron chi connectivity index (χ1n) is 11.5. The lowest BCUT2D eigenvalue weighted by atomic mass is 9.95. The minimum atomic E-state index is -0.0955. The van der Waals surface area contributed by atoms with Crippen LogP contribution in [0.25, 0.3) is 10.6 Å². The van der Waals surface area contributed by atoms with Gasteiger partial charge in [-0.2, -0.15) is 5.10 Å². The van der Waals surface area contributed by atoms with Gasteiger partial charge >= 0.3 is 0 Å². The van der Waals surface area contributed by atoms with Crippen molar-refractivity contribution in [2.24, 2.45) is 5.92 Å². The lowest BCUT2D eigenvalue weighted by Gasteiger charge is -2.31. The van der Waals surface area contributed by atoms with E-state index in [1.165, 1.54) is 0 Å². The van der Waals surface area contributed by atoms with E-state index in [-0.39, 0.29) is 17.7 Å². The van der Waals surface area contributed by atoms with Crippen molar-refractivity contribution in [3.63, 3.8) is 0 Å². The molecule has 0 spiro atoms. The van der Waals surface area contributed by atoms with E-state index in [4.69, 9.17) is 5.10 Å². The molecule has 1 N–H and O–H groups in total. The van der Waals surface area contributed by atoms with Crippen molar-refractivity contribution in [3.8, 4) is 10.6 Å². The van der Waals surface area contributed by atoms with Crippen LogP contribution in [0.2, 0.25) is 0 Å². The molecule has 172 valence electrons. The number of anilines is 1. The van der Waals surface area contributed by atoms with Crippen LogP contribution in [0.4, 0.5) is 5.69 Å². The number of carbonyl (C=O) groups is 2. The Bertz CT molecular complexity index is 1240. The zero-order valence-corrected chi connectivity index (χ0v) is 19.6. The summed E-state index contributed by atoms with van der Waals surface area (Å²) in [5.41, 5.74) is 3.27. The number of nitrogens with zero attached hydrogens (tertiary/aromatic N) is 3. The number of amides is 2. The first kappa shape index (κ1) is 22.1. The summed E-state index contributed by atoms with van der Waals surface area (Å²) < 4.78 is 1.84. The molecule has 0 radical (unpaired) electrons. The van der Waals surface area contributed by atoms with Crippen molar-refractivity contribution in [1.29, 1.82) is 0 Å². The van der Waals surface area contributed by atoms with Crippen molar-refractivity contribution in [2.45, 2.75) is 19.4 Å². The third-order valence-electron chi connectivity index (χ3n) is 6.13. The topological polar surface area (TPSA) is 67.2 Å². The lowest BCUT2D eigenvalue weighted by molar-refractivity contribution is -0.121. The number of hydrogen-bond donors (Lipinski definition) is 1. The molecule has 1 fully saturated rings. The first-order valence-corrected chi connectivity index (χ1v) is 12.4. The predicted octanol–water partition coefficient (Wildman–Crippen LogP) is 5.15. The van der Waals surface area contributed by atoms with Crippen molar-refractivity contribution >= 4 is 28.8 Å². The molecule has 2 amide bonds. The Morgan fingerprint density at radius 2 is 1.65 bits per heavy atom. The third-order valence-corrected chi connectivity index (χ3v) is 7.00. The Hall–Kier alpha value is -3.71. The number of likely N-dealkylation sites (tertiary alicyclic amines) is 1. The highest BCUT2D eigenvalue weighted by molar-refractivity contribution is 7.13. The quantitative estimate of drug-likeness (QED) is 0.424. The van der Waals surface area contributed by atoms with Gasteiger partial charge < -0.3 is 10.2 Å². The van der Waals surface area contributed by atoms with Crippen LogP contribution in [0.5, 0.6) is 0 Å². The van der Waals surface area contributed by atoms with Crippen LogP contribution in [-0.2, 0) is 11.3 Å². The molecule has 1 aliphatic rings. The lowest BCUT2D eigenvalue weighted by Crippen LogP contribution is -2.41. The Labute approximate surface area is 202 Å². The number of piperidine rings is 1. The monoisotopic (exact) mass is 470 g/mol. The van der Waals surface area contributed by atoms with Gasteiger partial charge in [-0.05, 0) is 42.0 Å². The highest BCUT2D eigenvalue weighted by Crippen LogP contribution is 2.29. The molecule has 0 saturated carbocycles. The minimum absolute atomic E-state index is 0.0215. The van der Waals surface area contributed by atoms with E-state index in [0.717, 1.165) is 21.8 Å². The molecule has 2 aromatic carbocycles. The predicted molar refractivity (Wildman–Crippen MR) is 135 cm³/mol. The summed E-state index contributed by atoms with van der Waals surface area (Å²) in [6, 6.07) is 23.6. The van der Waals surface area contributed by atoms with Crippen molar-refractivity contribution in [1.82, 2.24) is 14.7 Å². The van der Waals surface area contributed by atoms with Gasteiger partial charge in [0.1, 0.15) is 5.69 Å². The second kappa shape index (κ2) is 10.1. The van der Waals surface area contributed by atoms with Crippen LogP contribution in [-0.4, -0.2) is 39.6 Å². The Kier molecular flexibility index (Phi) is 6.53. The van der Waals surface area contributed by atoms with Crippen LogP contribution < -0.4 is 5.32 Å². The summed E-state index contributed by atoms with van der Waals surface area (Å²) in [6.45, 7) is 1.72. The summed E-state index contributed by atoms with van der Waals surface area (Å²) in [7, 11) is 0. The molecule has 5 rings (SSSR count). The zero-order valence-electron chi connectivity index (χ0n) is 18.8. The number of para-hydroxylation sites is 1. The molecule has 2 aromatic heterocycles. The van der Waals surface area contributed by atoms with Crippen LogP contribution >= 0.6 is 11.3 Å². The van der Waals surface area contributed by atoms with Crippen LogP contribution in [0, 0.1) is 5.92 Å². The Balaban J connectivity index is 1.29. The molecule has 0 atom stereocenters. The van der Waals surface area contributed by atoms with E-state index >= 15 is 0 Å². The Morgan fingerprint density at radius 1 is 0.941 bits per heavy atom. The van der Waals surface area contributed by atoms with E-state index in [2.05, 4.69) is 17.4 Å². The van der Waals surface area contributed by atoms with Crippen LogP contribution in [0.3, 0.4) is 0 Å². The maximum absolute atomic E-state index is 13.5. The molecule has 6 nitrogen and oxygen atoms in total. The van der Waals surface area contributed by atoms with Gasteiger partial charge in [0.2, 0.25) is 5.91 Å². The third kappa shape index (κ3) is 4.94. The largest absolute Gasteiger partial charge is 0.338 e. The molecule has 34 heavy (non-hydrogen) atoms. The van der Waals surface area contributed by atoms with E-state index in [0.29, 0.717) is 38.0 Å². The summed E-state index contributed by atoms with van der Waals surface area (Å²) >= 11 is 1.58. The fraction of sp³-hybridized carbons (Fsp3) is 0.222. The van der Waals surface area contributed by atoms with Gasteiger partial charge in [-0.1, -0.05) is 54.6 Å². The van der Waals surface area contributed by atoms with Crippen molar-refractivity contribution in [3.05, 3.63) is 95.5 Å². The smallest absolute Gasteiger partial charge is 0.257 e. The minimum Gasteiger partial charge on any atom is -0.338 e. The van der Waals surface area contributed by atoms with E-state index in [1.807, 2.05) is 81.8 Å². The highest BCUT2D eigenvalue weighted by Gasteiger charge is 2.30. The van der Waals surface area contributed by atoms with Gasteiger partial charge in [0.15, 0.2) is 0 Å². The maximum atomic E-state index is 13.5. The number of rotatable bonds is 6. The number of carbonyl (C=O) groups excluding carboxylic acids is 2. The van der Waals surface area contributed by atoms with Crippen molar-refractivity contribution < 1.29 is 9.59 Å². The first-order chi connectivity index (χ1) is 16.7. The van der Waals surface area contributed by atoms with Gasteiger partial charge in [-0.15, -0.1) is 11.3 Å². The average molecular weight is 471 g/mol. The molecule has 0 unspecified atom stereocenters. The number of nitrogens with one attached hydrogen (secondary N) is 1. The van der Waals surface area contributed by atoms with Gasteiger partial charge in [-0.3, -0.25) is 14.3 Å². The summed E-state index contributed by atoms with van der Waals surface area (Å²) in [5, 5.41) is 9.75. The molecule has 3 heterocycles. The van der Waals surface area contributed by atoms with Gasteiger partial charge in [-0.25, -0.2) is 0 Å². The van der Waals surface area contributed by atoms with Gasteiger partial charge in [0, 0.05) is 30.9 Å². The number of hydrogen-bond acceptors (Lipinski definition) is 4. The molecular formula is C27H26N4O2S. The van der Waals surface area contributed by atoms with Crippen LogP contribution in [0.1, 0.15) is 28.8 Å². The summed E-state index contributed by atoms with van der Waals surface area (Å²) in [5.74, 6) is -0.0975. The van der Waals surface area contributed by atoms with Crippen molar-refractivity contribution in [2.75, 3.05) is 18.4 Å². The van der Waals surface area contributed by atoms with E-state index in [9.17, 15) is 9.59 Å². The fourth-order valence-electron chi connectivity index (χ4n) is 4.31. The molecular weight excluding hydrogens is 444 g/mol. The van der Waals surface area contributed by atoms with Crippen LogP contribution in [0.15, 0.2) is 84.4 Å². The molecule has 4 aromatic rings. The summed E-state index contributed by atoms with van der Waals surface area (Å²) in [6.07, 6.45) is 3.16. The number of benzene rings is 2. The standard InChI is InChI=1S/C27H26N4O2S/c32-26(28-22-10-5-2-6-11-22)21-13-15-30(16-14-21)27(33)23-19-31(18-20-8-3-1-4-9-20)29-25(23)24-12-7-17-34-24/h1-12,17,19,21H,13-16,18H2,(H,28,32). The summed E-state index contributed by atoms with van der Waals surface area (Å²) in [4.78, 5) is 29.0. The normalized spacial score (nSPS) is 14.2. The van der Waals surface area contributed by atoms with Gasteiger partial charge in [0.05, 0.1) is 17.0 Å².